The van der Waals surface area contributed by atoms with E-state index in [0.717, 1.165) is 6.07 Å². The van der Waals surface area contributed by atoms with Crippen LogP contribution in [0.1, 0.15) is 28.7 Å². The minimum absolute atomic E-state index is 0.102. The number of rotatable bonds is 4. The topological polar surface area (TPSA) is 82.8 Å². The van der Waals surface area contributed by atoms with Crippen molar-refractivity contribution < 1.29 is 37.3 Å². The molecule has 1 aromatic heterocycles. The largest absolute Gasteiger partial charge is 0.573 e. The summed E-state index contributed by atoms with van der Waals surface area (Å²) in [6, 6.07) is 3.75. The first-order chi connectivity index (χ1) is 12.2. The van der Waals surface area contributed by atoms with Crippen molar-refractivity contribution in [1.29, 1.82) is 0 Å². The number of halogens is 3. The number of carboxylic acids is 1. The lowest BCUT2D eigenvalue weighted by molar-refractivity contribution is -0.275. The van der Waals surface area contributed by atoms with Gasteiger partial charge >= 0.3 is 12.3 Å². The second kappa shape index (κ2) is 6.52. The monoisotopic (exact) mass is 372 g/mol. The lowest BCUT2D eigenvalue weighted by atomic mass is 10.1. The maximum atomic E-state index is 12.5. The molecule has 0 aliphatic carbocycles. The van der Waals surface area contributed by atoms with Crippen LogP contribution in [-0.2, 0) is 17.8 Å². The van der Waals surface area contributed by atoms with Crippen LogP contribution in [-0.4, -0.2) is 40.4 Å². The zero-order chi connectivity index (χ0) is 19.1. The molecule has 0 saturated heterocycles. The lowest BCUT2D eigenvalue weighted by Gasteiger charge is -2.21. The number of methoxy groups -OCH3 is 1. The van der Waals surface area contributed by atoms with Crippen LogP contribution in [0.5, 0.6) is 11.5 Å². The number of carbonyl (C=O) groups is 1. The molecule has 10 heteroatoms. The average Bonchev–Trinajstić information content (AvgIpc) is 2.92. The van der Waals surface area contributed by atoms with E-state index in [9.17, 15) is 23.1 Å². The fourth-order valence-corrected chi connectivity index (χ4v) is 2.79. The third-order valence-corrected chi connectivity index (χ3v) is 3.90. The van der Waals surface area contributed by atoms with E-state index < -0.39 is 18.1 Å². The highest BCUT2D eigenvalue weighted by atomic mass is 19.4. The summed E-state index contributed by atoms with van der Waals surface area (Å²) >= 11 is 0. The Balaban J connectivity index is 2.08. The van der Waals surface area contributed by atoms with Crippen LogP contribution in [0.2, 0.25) is 0 Å². The van der Waals surface area contributed by atoms with E-state index in [1.54, 1.807) is 0 Å². The summed E-state index contributed by atoms with van der Waals surface area (Å²) in [5.41, 5.74) is 1.29. The lowest BCUT2D eigenvalue weighted by Crippen LogP contribution is -2.21. The van der Waals surface area contributed by atoms with Gasteiger partial charge in [0.1, 0.15) is 0 Å². The minimum Gasteiger partial charge on any atom is -0.493 e. The highest BCUT2D eigenvalue weighted by molar-refractivity contribution is 5.87. The minimum atomic E-state index is -4.86. The van der Waals surface area contributed by atoms with Gasteiger partial charge in [-0.1, -0.05) is 0 Å². The Morgan fingerprint density at radius 2 is 2.12 bits per heavy atom. The second-order valence-electron chi connectivity index (χ2n) is 5.70. The summed E-state index contributed by atoms with van der Waals surface area (Å²) < 4.78 is 53.1. The summed E-state index contributed by atoms with van der Waals surface area (Å²) in [5, 5.41) is 13.4. The van der Waals surface area contributed by atoms with Crippen LogP contribution in [0, 0.1) is 0 Å². The van der Waals surface area contributed by atoms with E-state index in [1.165, 1.54) is 23.9 Å². The van der Waals surface area contributed by atoms with E-state index in [1.807, 2.05) is 6.92 Å². The van der Waals surface area contributed by atoms with Gasteiger partial charge in [0.05, 0.1) is 31.2 Å². The Morgan fingerprint density at radius 3 is 2.73 bits per heavy atom. The number of ether oxygens (including phenoxy) is 3. The molecular formula is C16H15F3N2O5. The molecular weight excluding hydrogens is 357 g/mol. The van der Waals surface area contributed by atoms with Crippen molar-refractivity contribution in [2.45, 2.75) is 32.4 Å². The van der Waals surface area contributed by atoms with Gasteiger partial charge < -0.3 is 19.3 Å². The Bertz CT molecular complexity index is 847. The highest BCUT2D eigenvalue weighted by Gasteiger charge is 2.33. The van der Waals surface area contributed by atoms with E-state index in [0.29, 0.717) is 23.4 Å². The van der Waals surface area contributed by atoms with Crippen LogP contribution >= 0.6 is 0 Å². The molecule has 0 spiro atoms. The molecule has 0 fully saturated rings. The average molecular weight is 372 g/mol. The third-order valence-electron chi connectivity index (χ3n) is 3.90. The van der Waals surface area contributed by atoms with Crippen molar-refractivity contribution in [2.24, 2.45) is 0 Å². The predicted octanol–water partition coefficient (Wildman–Crippen LogP) is 2.94. The quantitative estimate of drug-likeness (QED) is 0.889. The molecule has 0 bridgehead atoms. The van der Waals surface area contributed by atoms with Gasteiger partial charge in [-0.3, -0.25) is 0 Å². The van der Waals surface area contributed by atoms with Crippen molar-refractivity contribution in [2.75, 3.05) is 7.11 Å². The van der Waals surface area contributed by atoms with E-state index in [4.69, 9.17) is 9.47 Å². The number of hydrogen-bond acceptors (Lipinski definition) is 5. The van der Waals surface area contributed by atoms with Gasteiger partial charge in [0.25, 0.3) is 0 Å². The van der Waals surface area contributed by atoms with Crippen LogP contribution < -0.4 is 9.47 Å². The molecule has 1 aliphatic rings. The number of nitrogens with zero attached hydrogens (tertiary/aromatic N) is 2. The van der Waals surface area contributed by atoms with Gasteiger partial charge in [-0.25, -0.2) is 9.48 Å². The molecule has 2 aromatic rings. The first-order valence-corrected chi connectivity index (χ1v) is 7.59. The molecule has 0 saturated carbocycles. The molecule has 1 unspecified atom stereocenters. The first kappa shape index (κ1) is 18.1. The number of alkyl halides is 3. The number of aromatic nitrogens is 2. The maximum Gasteiger partial charge on any atom is 0.573 e. The molecule has 1 N–H and O–H groups in total. The predicted molar refractivity (Wildman–Crippen MR) is 81.7 cm³/mol. The molecule has 140 valence electrons. The zero-order valence-electron chi connectivity index (χ0n) is 13.8. The van der Waals surface area contributed by atoms with Gasteiger partial charge in [0, 0.05) is 18.1 Å². The normalized spacial score (nSPS) is 16.9. The number of aromatic carboxylic acids is 1. The van der Waals surface area contributed by atoms with Gasteiger partial charge in [-0.2, -0.15) is 5.10 Å². The second-order valence-corrected chi connectivity index (χ2v) is 5.70. The summed E-state index contributed by atoms with van der Waals surface area (Å²) in [4.78, 5) is 11.4. The number of carboxylic acid groups (broad SMARTS) is 1. The van der Waals surface area contributed by atoms with Crippen LogP contribution in [0.25, 0.3) is 5.69 Å². The Labute approximate surface area is 145 Å². The summed E-state index contributed by atoms with van der Waals surface area (Å²) in [5.74, 6) is -1.86. The molecule has 26 heavy (non-hydrogen) atoms. The van der Waals surface area contributed by atoms with Crippen LogP contribution in [0.4, 0.5) is 13.2 Å². The number of hydrogen-bond donors (Lipinski definition) is 1. The number of benzene rings is 1. The van der Waals surface area contributed by atoms with E-state index in [2.05, 4.69) is 9.84 Å². The smallest absolute Gasteiger partial charge is 0.493 e. The van der Waals surface area contributed by atoms with Crippen molar-refractivity contribution >= 4 is 5.97 Å². The van der Waals surface area contributed by atoms with Gasteiger partial charge in [0.15, 0.2) is 17.2 Å². The first-order valence-electron chi connectivity index (χ1n) is 7.59. The van der Waals surface area contributed by atoms with Crippen molar-refractivity contribution in [3.8, 4) is 17.2 Å². The third kappa shape index (κ3) is 3.45. The molecule has 7 nitrogen and oxygen atoms in total. The molecule has 1 atom stereocenters. The number of fused-ring (bicyclic) bond motifs is 1. The van der Waals surface area contributed by atoms with Crippen LogP contribution in [0.15, 0.2) is 18.2 Å². The van der Waals surface area contributed by atoms with Gasteiger partial charge in [-0.15, -0.1) is 13.2 Å². The van der Waals surface area contributed by atoms with Crippen molar-refractivity contribution in [3.63, 3.8) is 0 Å². The van der Waals surface area contributed by atoms with Crippen molar-refractivity contribution in [3.05, 3.63) is 35.2 Å². The molecule has 3 rings (SSSR count). The summed E-state index contributed by atoms with van der Waals surface area (Å²) in [6.07, 6.45) is -4.59. The van der Waals surface area contributed by atoms with Gasteiger partial charge in [-0.05, 0) is 19.1 Å². The van der Waals surface area contributed by atoms with E-state index >= 15 is 0 Å². The molecule has 1 aliphatic heterocycles. The molecule has 0 amide bonds. The zero-order valence-corrected chi connectivity index (χ0v) is 13.8. The highest BCUT2D eigenvalue weighted by Crippen LogP contribution is 2.35. The van der Waals surface area contributed by atoms with E-state index in [-0.39, 0.29) is 24.2 Å². The fourth-order valence-electron chi connectivity index (χ4n) is 2.79. The van der Waals surface area contributed by atoms with Crippen molar-refractivity contribution in [1.82, 2.24) is 9.78 Å². The van der Waals surface area contributed by atoms with Crippen LogP contribution in [0.3, 0.4) is 0 Å². The fraction of sp³-hybridized carbons (Fsp3) is 0.375. The summed E-state index contributed by atoms with van der Waals surface area (Å²) in [6.45, 7) is 1.94. The van der Waals surface area contributed by atoms with Gasteiger partial charge in [0.2, 0.25) is 0 Å². The summed E-state index contributed by atoms with van der Waals surface area (Å²) in [7, 11) is 1.21. The Morgan fingerprint density at radius 1 is 1.38 bits per heavy atom. The Kier molecular flexibility index (Phi) is 4.53. The maximum absolute atomic E-state index is 12.5. The molecule has 2 heterocycles. The standard InChI is InChI=1S/C16H15F3N2O5/c1-8-5-11-10(7-25-8)14(15(22)23)20-21(11)9-3-4-12(13(6-9)24-2)26-16(17,18)19/h3-4,6,8H,5,7H2,1-2H3,(H,22,23). The Hall–Kier alpha value is -2.75. The SMILES string of the molecule is COc1cc(-n2nc(C(=O)O)c3c2CC(C)OC3)ccc1OC(F)(F)F. The molecule has 1 aromatic carbocycles. The molecule has 0 radical (unpaired) electrons.